The molecule has 0 fully saturated rings. The van der Waals surface area contributed by atoms with Gasteiger partial charge >= 0.3 is 5.97 Å². The molecule has 0 spiro atoms. The van der Waals surface area contributed by atoms with Crippen LogP contribution in [0.25, 0.3) is 0 Å². The minimum Gasteiger partial charge on any atom is -0.423 e. The summed E-state index contributed by atoms with van der Waals surface area (Å²) in [6.07, 6.45) is 12.3. The first-order valence-corrected chi connectivity index (χ1v) is 10.9. The van der Waals surface area contributed by atoms with Crippen LogP contribution in [0.3, 0.4) is 0 Å². The van der Waals surface area contributed by atoms with Gasteiger partial charge in [-0.1, -0.05) is 64.3 Å². The first-order valence-electron chi connectivity index (χ1n) is 10.9. The Morgan fingerprint density at radius 2 is 1.57 bits per heavy atom. The standard InChI is InChI=1S/C24H38O4/c1-4-19-26-24(27-20-5-2)18-12-10-8-7-9-11-15-21-16-13-14-17-22(21)28-23(25)6-3/h6,13-14,16-17,24H,3-5,7-12,15,18-20H2,1-2H3. The van der Waals surface area contributed by atoms with E-state index in [9.17, 15) is 4.79 Å². The summed E-state index contributed by atoms with van der Waals surface area (Å²) in [6.45, 7) is 9.25. The van der Waals surface area contributed by atoms with E-state index in [4.69, 9.17) is 14.2 Å². The van der Waals surface area contributed by atoms with Gasteiger partial charge in [0, 0.05) is 19.3 Å². The number of carbonyl (C=O) groups excluding carboxylic acids is 1. The summed E-state index contributed by atoms with van der Waals surface area (Å²) in [7, 11) is 0. The van der Waals surface area contributed by atoms with Crippen LogP contribution < -0.4 is 4.74 Å². The Hall–Kier alpha value is -1.65. The Labute approximate surface area is 171 Å². The van der Waals surface area contributed by atoms with Crippen molar-refractivity contribution < 1.29 is 19.0 Å². The molecule has 0 radical (unpaired) electrons. The van der Waals surface area contributed by atoms with Crippen molar-refractivity contribution in [2.24, 2.45) is 0 Å². The van der Waals surface area contributed by atoms with Crippen LogP contribution in [0.1, 0.15) is 77.2 Å². The summed E-state index contributed by atoms with van der Waals surface area (Å²) in [5.74, 6) is 0.245. The van der Waals surface area contributed by atoms with Crippen LogP contribution in [0.4, 0.5) is 0 Å². The Balaban J connectivity index is 2.16. The molecule has 0 atom stereocenters. The van der Waals surface area contributed by atoms with Gasteiger partial charge in [0.05, 0.1) is 0 Å². The fourth-order valence-corrected chi connectivity index (χ4v) is 3.01. The third-order valence-corrected chi connectivity index (χ3v) is 4.50. The van der Waals surface area contributed by atoms with E-state index in [0.29, 0.717) is 5.75 Å². The number of benzene rings is 1. The van der Waals surface area contributed by atoms with Gasteiger partial charge in [0.2, 0.25) is 0 Å². The van der Waals surface area contributed by atoms with Crippen molar-refractivity contribution in [2.75, 3.05) is 13.2 Å². The molecule has 0 aromatic heterocycles. The van der Waals surface area contributed by atoms with E-state index in [1.165, 1.54) is 31.8 Å². The average Bonchev–Trinajstić information content (AvgIpc) is 2.72. The summed E-state index contributed by atoms with van der Waals surface area (Å²) < 4.78 is 16.8. The second-order valence-electron chi connectivity index (χ2n) is 7.06. The first kappa shape index (κ1) is 24.4. The molecule has 0 aliphatic rings. The molecule has 0 saturated heterocycles. The SMILES string of the molecule is C=CC(=O)Oc1ccccc1CCCCCCCCC(OCCC)OCCC. The van der Waals surface area contributed by atoms with Crippen LogP contribution in [0.15, 0.2) is 36.9 Å². The second-order valence-corrected chi connectivity index (χ2v) is 7.06. The summed E-state index contributed by atoms with van der Waals surface area (Å²) in [5.41, 5.74) is 1.08. The van der Waals surface area contributed by atoms with Crippen LogP contribution in [0.5, 0.6) is 5.75 Å². The topological polar surface area (TPSA) is 44.8 Å². The molecule has 0 unspecified atom stereocenters. The molecule has 1 aromatic rings. The number of unbranched alkanes of at least 4 members (excludes halogenated alkanes) is 5. The van der Waals surface area contributed by atoms with E-state index in [2.05, 4.69) is 20.4 Å². The zero-order valence-corrected chi connectivity index (χ0v) is 17.8. The van der Waals surface area contributed by atoms with E-state index in [0.717, 1.165) is 57.3 Å². The highest BCUT2D eigenvalue weighted by Crippen LogP contribution is 2.21. The van der Waals surface area contributed by atoms with Gasteiger partial charge in [-0.3, -0.25) is 0 Å². The minimum atomic E-state index is -0.406. The van der Waals surface area contributed by atoms with E-state index >= 15 is 0 Å². The average molecular weight is 391 g/mol. The number of para-hydroxylation sites is 1. The summed E-state index contributed by atoms with van der Waals surface area (Å²) in [6, 6.07) is 7.74. The summed E-state index contributed by atoms with van der Waals surface area (Å²) in [4.78, 5) is 11.4. The Kier molecular flexibility index (Phi) is 14.2. The van der Waals surface area contributed by atoms with Gasteiger partial charge in [-0.2, -0.15) is 0 Å². The molecule has 0 bridgehead atoms. The number of ether oxygens (including phenoxy) is 3. The summed E-state index contributed by atoms with van der Waals surface area (Å²) >= 11 is 0. The first-order chi connectivity index (χ1) is 13.7. The van der Waals surface area contributed by atoms with E-state index in [-0.39, 0.29) is 6.29 Å². The lowest BCUT2D eigenvalue weighted by Crippen LogP contribution is -2.18. The summed E-state index contributed by atoms with van der Waals surface area (Å²) in [5, 5.41) is 0. The zero-order chi connectivity index (χ0) is 20.5. The predicted octanol–water partition coefficient (Wildman–Crippen LogP) is 6.23. The van der Waals surface area contributed by atoms with Gasteiger partial charge in [-0.25, -0.2) is 4.79 Å². The van der Waals surface area contributed by atoms with E-state index in [1.807, 2.05) is 24.3 Å². The molecule has 4 heteroatoms. The number of rotatable bonds is 17. The largest absolute Gasteiger partial charge is 0.423 e. The molecule has 1 aromatic carbocycles. The molecule has 4 nitrogen and oxygen atoms in total. The highest BCUT2D eigenvalue weighted by molar-refractivity contribution is 5.83. The molecule has 0 aliphatic carbocycles. The Morgan fingerprint density at radius 1 is 0.964 bits per heavy atom. The normalized spacial score (nSPS) is 11.0. The molecule has 0 heterocycles. The van der Waals surface area contributed by atoms with Crippen LogP contribution in [0, 0.1) is 0 Å². The maximum Gasteiger partial charge on any atom is 0.335 e. The smallest absolute Gasteiger partial charge is 0.335 e. The van der Waals surface area contributed by atoms with Gasteiger partial charge in [0.1, 0.15) is 5.75 Å². The van der Waals surface area contributed by atoms with E-state index < -0.39 is 5.97 Å². The van der Waals surface area contributed by atoms with Crippen LogP contribution in [-0.4, -0.2) is 25.5 Å². The molecule has 0 saturated carbocycles. The third kappa shape index (κ3) is 11.3. The van der Waals surface area contributed by atoms with Crippen molar-refractivity contribution in [3.8, 4) is 5.75 Å². The number of hydrogen-bond donors (Lipinski definition) is 0. The lowest BCUT2D eigenvalue weighted by Gasteiger charge is -2.18. The highest BCUT2D eigenvalue weighted by Gasteiger charge is 2.08. The maximum absolute atomic E-state index is 11.4. The van der Waals surface area contributed by atoms with Crippen molar-refractivity contribution in [1.29, 1.82) is 0 Å². The molecule has 0 N–H and O–H groups in total. The third-order valence-electron chi connectivity index (χ3n) is 4.50. The highest BCUT2D eigenvalue weighted by atomic mass is 16.7. The molecular weight excluding hydrogens is 352 g/mol. The van der Waals surface area contributed by atoms with E-state index in [1.54, 1.807) is 0 Å². The Morgan fingerprint density at radius 3 is 2.21 bits per heavy atom. The molecule has 158 valence electrons. The molecule has 0 aliphatic heterocycles. The quantitative estimate of drug-likeness (QED) is 0.104. The lowest BCUT2D eigenvalue weighted by atomic mass is 10.0. The predicted molar refractivity (Wildman–Crippen MR) is 115 cm³/mol. The number of esters is 1. The van der Waals surface area contributed by atoms with Gasteiger partial charge in [-0.05, 0) is 50.2 Å². The Bertz CT molecular complexity index is 533. The zero-order valence-electron chi connectivity index (χ0n) is 17.8. The monoisotopic (exact) mass is 390 g/mol. The van der Waals surface area contributed by atoms with Gasteiger partial charge in [0.25, 0.3) is 0 Å². The molecular formula is C24H38O4. The second kappa shape index (κ2) is 16.3. The maximum atomic E-state index is 11.4. The van der Waals surface area contributed by atoms with Gasteiger partial charge in [0.15, 0.2) is 6.29 Å². The lowest BCUT2D eigenvalue weighted by molar-refractivity contribution is -0.146. The fraction of sp³-hybridized carbons (Fsp3) is 0.625. The van der Waals surface area contributed by atoms with Crippen LogP contribution in [-0.2, 0) is 20.7 Å². The molecule has 28 heavy (non-hydrogen) atoms. The fourth-order valence-electron chi connectivity index (χ4n) is 3.01. The number of aryl methyl sites for hydroxylation is 1. The van der Waals surface area contributed by atoms with Crippen LogP contribution in [0.2, 0.25) is 0 Å². The van der Waals surface area contributed by atoms with Gasteiger partial charge in [-0.15, -0.1) is 0 Å². The van der Waals surface area contributed by atoms with Gasteiger partial charge < -0.3 is 14.2 Å². The number of hydrogen-bond acceptors (Lipinski definition) is 4. The van der Waals surface area contributed by atoms with Crippen molar-refractivity contribution in [2.45, 2.75) is 84.3 Å². The minimum absolute atomic E-state index is 0.0327. The van der Waals surface area contributed by atoms with Crippen molar-refractivity contribution >= 4 is 5.97 Å². The molecule has 1 rings (SSSR count). The van der Waals surface area contributed by atoms with Crippen molar-refractivity contribution in [1.82, 2.24) is 0 Å². The molecule has 0 amide bonds. The van der Waals surface area contributed by atoms with Crippen molar-refractivity contribution in [3.05, 3.63) is 42.5 Å². The van der Waals surface area contributed by atoms with Crippen LogP contribution >= 0.6 is 0 Å². The van der Waals surface area contributed by atoms with Crippen molar-refractivity contribution in [3.63, 3.8) is 0 Å². The number of carbonyl (C=O) groups is 1.